The predicted octanol–water partition coefficient (Wildman–Crippen LogP) is 0.574. The first-order valence-electron chi connectivity index (χ1n) is 7.58. The Morgan fingerprint density at radius 2 is 1.95 bits per heavy atom. The van der Waals surface area contributed by atoms with Crippen LogP contribution in [0.3, 0.4) is 0 Å². The van der Waals surface area contributed by atoms with E-state index in [9.17, 15) is 10.0 Å². The van der Waals surface area contributed by atoms with Crippen LogP contribution < -0.4 is 16.1 Å². The number of rotatable bonds is 10. The van der Waals surface area contributed by atoms with Crippen molar-refractivity contribution in [3.63, 3.8) is 0 Å². The zero-order chi connectivity index (χ0) is 15.7. The van der Waals surface area contributed by atoms with Crippen molar-refractivity contribution in [3.05, 3.63) is 41.5 Å². The molecule has 1 rings (SSSR count). The van der Waals surface area contributed by atoms with Crippen LogP contribution in [0.25, 0.3) is 0 Å². The van der Waals surface area contributed by atoms with Crippen molar-refractivity contribution in [1.82, 2.24) is 10.6 Å². The first-order valence-corrected chi connectivity index (χ1v) is 7.58. The first kappa shape index (κ1) is 17.9. The Balaban J connectivity index is 2.31. The predicted molar refractivity (Wildman–Crippen MR) is 89.7 cm³/mol. The van der Waals surface area contributed by atoms with Gasteiger partial charge in [0, 0.05) is 13.1 Å². The second-order valence-corrected chi connectivity index (χ2v) is 5.42. The van der Waals surface area contributed by atoms with Gasteiger partial charge in [-0.3, -0.25) is 0 Å². The van der Waals surface area contributed by atoms with Crippen LogP contribution in [0.4, 0.5) is 0 Å². The van der Waals surface area contributed by atoms with Crippen molar-refractivity contribution in [2.75, 3.05) is 19.6 Å². The van der Waals surface area contributed by atoms with Crippen LogP contribution in [-0.4, -0.2) is 36.8 Å². The molecule has 0 amide bonds. The van der Waals surface area contributed by atoms with Gasteiger partial charge in [-0.05, 0) is 49.4 Å². The molecular weight excluding hydrogens is 263 g/mol. The second-order valence-electron chi connectivity index (χ2n) is 5.42. The summed E-state index contributed by atoms with van der Waals surface area (Å²) in [7, 11) is -1.39. The molecule has 0 saturated carbocycles. The van der Waals surface area contributed by atoms with Gasteiger partial charge in [-0.1, -0.05) is 37.3 Å². The summed E-state index contributed by atoms with van der Waals surface area (Å²) < 4.78 is 0. The first-order chi connectivity index (χ1) is 10.0. The van der Waals surface area contributed by atoms with Crippen LogP contribution >= 0.6 is 0 Å². The standard InChI is InChI=1S/C16H27BN2O2/c1-4-15-10-14(6-7-16(15)17(20)21)12-19-9-5-8-18-11-13(2)3/h6-7,10,18-21H,2,4-5,8-9,11-12H2,1,3H3. The van der Waals surface area contributed by atoms with Gasteiger partial charge in [0.25, 0.3) is 0 Å². The number of nitrogens with one attached hydrogen (secondary N) is 2. The highest BCUT2D eigenvalue weighted by atomic mass is 16.4. The van der Waals surface area contributed by atoms with E-state index in [0.717, 1.165) is 50.2 Å². The Bertz CT molecular complexity index is 450. The summed E-state index contributed by atoms with van der Waals surface area (Å²) in [6.07, 6.45) is 1.87. The summed E-state index contributed by atoms with van der Waals surface area (Å²) in [6, 6.07) is 5.79. The number of aryl methyl sites for hydroxylation is 1. The molecule has 21 heavy (non-hydrogen) atoms. The lowest BCUT2D eigenvalue weighted by molar-refractivity contribution is 0.425. The van der Waals surface area contributed by atoms with Gasteiger partial charge in [0.2, 0.25) is 0 Å². The average Bonchev–Trinajstić information content (AvgIpc) is 2.45. The molecule has 0 aromatic heterocycles. The zero-order valence-corrected chi connectivity index (χ0v) is 13.2. The molecule has 0 unspecified atom stereocenters. The van der Waals surface area contributed by atoms with Gasteiger partial charge in [0.05, 0.1) is 0 Å². The van der Waals surface area contributed by atoms with Crippen molar-refractivity contribution >= 4 is 12.6 Å². The second kappa shape index (κ2) is 9.74. The van der Waals surface area contributed by atoms with E-state index in [1.54, 1.807) is 6.07 Å². The summed E-state index contributed by atoms with van der Waals surface area (Å²) in [4.78, 5) is 0. The van der Waals surface area contributed by atoms with Crippen LogP contribution in [0.5, 0.6) is 0 Å². The molecule has 0 atom stereocenters. The van der Waals surface area contributed by atoms with E-state index in [2.05, 4.69) is 17.2 Å². The Morgan fingerprint density at radius 3 is 2.57 bits per heavy atom. The summed E-state index contributed by atoms with van der Waals surface area (Å²) in [5.41, 5.74) is 3.92. The van der Waals surface area contributed by atoms with Crippen molar-refractivity contribution in [3.8, 4) is 0 Å². The van der Waals surface area contributed by atoms with Gasteiger partial charge in [-0.15, -0.1) is 0 Å². The molecule has 0 fully saturated rings. The van der Waals surface area contributed by atoms with Crippen LogP contribution in [-0.2, 0) is 13.0 Å². The van der Waals surface area contributed by atoms with Crippen LogP contribution in [0, 0.1) is 0 Å². The fourth-order valence-corrected chi connectivity index (χ4v) is 2.20. The molecule has 0 radical (unpaired) electrons. The topological polar surface area (TPSA) is 64.5 Å². The molecule has 4 N–H and O–H groups in total. The molecule has 1 aromatic carbocycles. The zero-order valence-electron chi connectivity index (χ0n) is 13.2. The summed E-state index contributed by atoms with van der Waals surface area (Å²) >= 11 is 0. The highest BCUT2D eigenvalue weighted by Crippen LogP contribution is 2.04. The number of hydrogen-bond donors (Lipinski definition) is 4. The van der Waals surface area contributed by atoms with Gasteiger partial charge in [-0.2, -0.15) is 0 Å². The van der Waals surface area contributed by atoms with Crippen molar-refractivity contribution in [2.45, 2.75) is 33.2 Å². The minimum absolute atomic E-state index is 0.602. The van der Waals surface area contributed by atoms with E-state index in [1.165, 1.54) is 5.56 Å². The summed E-state index contributed by atoms with van der Waals surface area (Å²) in [5.74, 6) is 0. The Labute approximate surface area is 128 Å². The van der Waals surface area contributed by atoms with Gasteiger partial charge >= 0.3 is 7.12 Å². The van der Waals surface area contributed by atoms with Gasteiger partial charge in [0.1, 0.15) is 0 Å². The third-order valence-electron chi connectivity index (χ3n) is 3.33. The van der Waals surface area contributed by atoms with E-state index in [0.29, 0.717) is 5.46 Å². The molecule has 5 heteroatoms. The summed E-state index contributed by atoms with van der Waals surface area (Å²) in [6.45, 7) is 11.5. The Kier molecular flexibility index (Phi) is 8.31. The van der Waals surface area contributed by atoms with E-state index >= 15 is 0 Å². The van der Waals surface area contributed by atoms with E-state index < -0.39 is 7.12 Å². The lowest BCUT2D eigenvalue weighted by atomic mass is 9.76. The molecule has 0 saturated heterocycles. The molecule has 0 heterocycles. The summed E-state index contributed by atoms with van der Waals surface area (Å²) in [5, 5.41) is 25.3. The molecule has 0 bridgehead atoms. The number of hydrogen-bond acceptors (Lipinski definition) is 4. The fourth-order valence-electron chi connectivity index (χ4n) is 2.20. The lowest BCUT2D eigenvalue weighted by Crippen LogP contribution is -2.33. The minimum Gasteiger partial charge on any atom is -0.423 e. The van der Waals surface area contributed by atoms with Crippen molar-refractivity contribution in [1.29, 1.82) is 0 Å². The maximum Gasteiger partial charge on any atom is 0.488 e. The average molecular weight is 290 g/mol. The molecule has 0 spiro atoms. The highest BCUT2D eigenvalue weighted by Gasteiger charge is 2.14. The molecule has 1 aromatic rings. The quantitative estimate of drug-likeness (QED) is 0.289. The molecule has 116 valence electrons. The van der Waals surface area contributed by atoms with E-state index in [1.807, 2.05) is 26.0 Å². The SMILES string of the molecule is C=C(C)CNCCCNCc1ccc(B(O)O)c(CC)c1. The minimum atomic E-state index is -1.39. The van der Waals surface area contributed by atoms with Crippen molar-refractivity contribution < 1.29 is 10.0 Å². The number of benzene rings is 1. The maximum absolute atomic E-state index is 9.29. The van der Waals surface area contributed by atoms with E-state index in [4.69, 9.17) is 0 Å². The highest BCUT2D eigenvalue weighted by molar-refractivity contribution is 6.59. The third-order valence-corrected chi connectivity index (χ3v) is 3.33. The maximum atomic E-state index is 9.29. The lowest BCUT2D eigenvalue weighted by Gasteiger charge is -2.11. The van der Waals surface area contributed by atoms with Gasteiger partial charge in [-0.25, -0.2) is 0 Å². The third kappa shape index (κ3) is 6.91. The molecule has 4 nitrogen and oxygen atoms in total. The molecule has 0 aliphatic rings. The van der Waals surface area contributed by atoms with Crippen LogP contribution in [0.2, 0.25) is 0 Å². The fraction of sp³-hybridized carbons (Fsp3) is 0.500. The Morgan fingerprint density at radius 1 is 1.24 bits per heavy atom. The molecule has 0 aliphatic carbocycles. The van der Waals surface area contributed by atoms with Crippen LogP contribution in [0.15, 0.2) is 30.4 Å². The van der Waals surface area contributed by atoms with Crippen LogP contribution in [0.1, 0.15) is 31.4 Å². The van der Waals surface area contributed by atoms with Gasteiger partial charge in [0.15, 0.2) is 0 Å². The monoisotopic (exact) mass is 290 g/mol. The largest absolute Gasteiger partial charge is 0.488 e. The smallest absolute Gasteiger partial charge is 0.423 e. The van der Waals surface area contributed by atoms with Gasteiger partial charge < -0.3 is 20.7 Å². The molecule has 0 aliphatic heterocycles. The van der Waals surface area contributed by atoms with Crippen molar-refractivity contribution in [2.24, 2.45) is 0 Å². The Hall–Kier alpha value is -1.14. The molecular formula is C16H27BN2O2. The normalized spacial score (nSPS) is 10.7. The van der Waals surface area contributed by atoms with E-state index in [-0.39, 0.29) is 0 Å².